The fourth-order valence-corrected chi connectivity index (χ4v) is 4.20. The Kier molecular flexibility index (Phi) is 4.31. The molecule has 0 amide bonds. The number of nitrogens with one attached hydrogen (secondary N) is 1. The Labute approximate surface area is 174 Å². The maximum Gasteiger partial charge on any atom is 0.244 e. The number of aromatic nitrogens is 5. The van der Waals surface area contributed by atoms with Crippen LogP contribution in [0.15, 0.2) is 43.0 Å². The van der Waals surface area contributed by atoms with Crippen LogP contribution in [-0.4, -0.2) is 37.1 Å². The highest BCUT2D eigenvalue weighted by Gasteiger charge is 2.31. The Morgan fingerprint density at radius 2 is 2.07 bits per heavy atom. The van der Waals surface area contributed by atoms with Gasteiger partial charge in [-0.15, -0.1) is 5.10 Å². The fourth-order valence-electron chi connectivity index (χ4n) is 4.20. The summed E-state index contributed by atoms with van der Waals surface area (Å²) in [5.74, 6) is 1.06. The largest absolute Gasteiger partial charge is 0.479 e. The Hall–Kier alpha value is -3.60. The van der Waals surface area contributed by atoms with Crippen LogP contribution in [0.5, 0.6) is 5.88 Å². The molecule has 1 fully saturated rings. The average molecular weight is 401 g/mol. The maximum absolute atomic E-state index is 9.34. The van der Waals surface area contributed by atoms with Crippen molar-refractivity contribution in [3.05, 3.63) is 43.0 Å². The lowest BCUT2D eigenvalue weighted by Gasteiger charge is -2.32. The number of methoxy groups -OCH3 is 1. The van der Waals surface area contributed by atoms with Crippen molar-refractivity contribution < 1.29 is 4.74 Å². The van der Waals surface area contributed by atoms with Crippen molar-refractivity contribution in [2.45, 2.75) is 38.6 Å². The van der Waals surface area contributed by atoms with Gasteiger partial charge >= 0.3 is 0 Å². The second kappa shape index (κ2) is 7.02. The normalized spacial score (nSPS) is 21.6. The lowest BCUT2D eigenvalue weighted by molar-refractivity contribution is 0.279. The van der Waals surface area contributed by atoms with Crippen LogP contribution in [0.4, 0.5) is 5.95 Å². The van der Waals surface area contributed by atoms with E-state index >= 15 is 0 Å². The maximum atomic E-state index is 9.34. The molecule has 0 unspecified atom stereocenters. The zero-order valence-electron chi connectivity index (χ0n) is 17.0. The molecule has 5 rings (SSSR count). The Bertz CT molecular complexity index is 1260. The van der Waals surface area contributed by atoms with Gasteiger partial charge in [0.05, 0.1) is 18.6 Å². The van der Waals surface area contributed by atoms with Crippen molar-refractivity contribution in [1.29, 1.82) is 5.26 Å². The van der Waals surface area contributed by atoms with Gasteiger partial charge in [-0.25, -0.2) is 9.50 Å². The molecule has 30 heavy (non-hydrogen) atoms. The van der Waals surface area contributed by atoms with Gasteiger partial charge in [0.1, 0.15) is 11.2 Å². The highest BCUT2D eigenvalue weighted by molar-refractivity contribution is 5.84. The number of nitrogens with zero attached hydrogens (tertiary/aromatic N) is 6. The van der Waals surface area contributed by atoms with Crippen LogP contribution in [-0.2, 0) is 0 Å². The van der Waals surface area contributed by atoms with Crippen LogP contribution in [0.25, 0.3) is 22.3 Å². The van der Waals surface area contributed by atoms with Crippen LogP contribution in [0.1, 0.15) is 32.6 Å². The van der Waals surface area contributed by atoms with Gasteiger partial charge in [0, 0.05) is 42.0 Å². The number of anilines is 1. The minimum absolute atomic E-state index is 0.216. The van der Waals surface area contributed by atoms with Crippen molar-refractivity contribution in [3.8, 4) is 23.1 Å². The minimum atomic E-state index is -0.216. The summed E-state index contributed by atoms with van der Waals surface area (Å²) in [7, 11) is 1.63. The second-order valence-corrected chi connectivity index (χ2v) is 8.17. The van der Waals surface area contributed by atoms with Crippen molar-refractivity contribution in [2.24, 2.45) is 5.41 Å². The molecule has 0 radical (unpaired) electrons. The van der Waals surface area contributed by atoms with E-state index in [1.165, 1.54) is 0 Å². The smallest absolute Gasteiger partial charge is 0.244 e. The molecule has 0 spiro atoms. The molecule has 8 nitrogen and oxygen atoms in total. The summed E-state index contributed by atoms with van der Waals surface area (Å²) in [5, 5.41) is 17.4. The van der Waals surface area contributed by atoms with E-state index in [4.69, 9.17) is 4.74 Å². The van der Waals surface area contributed by atoms with E-state index in [2.05, 4.69) is 26.5 Å². The molecule has 0 saturated heterocycles. The van der Waals surface area contributed by atoms with Crippen LogP contribution in [0.3, 0.4) is 0 Å². The van der Waals surface area contributed by atoms with Crippen molar-refractivity contribution in [3.63, 3.8) is 0 Å². The van der Waals surface area contributed by atoms with E-state index < -0.39 is 0 Å². The SMILES string of the molecule is COc1nc(NC2CCC(C)(C#N)CC2)nn2ccc(-c3ccc4nccn4c3)c12. The molecule has 8 heteroatoms. The lowest BCUT2D eigenvalue weighted by atomic mass is 9.75. The van der Waals surface area contributed by atoms with Gasteiger partial charge in [0.2, 0.25) is 11.8 Å². The molecule has 1 aliphatic rings. The van der Waals surface area contributed by atoms with Gasteiger partial charge in [-0.2, -0.15) is 10.2 Å². The molecule has 1 saturated carbocycles. The summed E-state index contributed by atoms with van der Waals surface area (Å²) in [6.45, 7) is 2.04. The molecule has 0 aliphatic heterocycles. The molecule has 152 valence electrons. The third-order valence-corrected chi connectivity index (χ3v) is 6.06. The fraction of sp³-hybridized carbons (Fsp3) is 0.364. The summed E-state index contributed by atoms with van der Waals surface area (Å²) >= 11 is 0. The first-order valence-electron chi connectivity index (χ1n) is 10.1. The average Bonchev–Trinajstić information content (AvgIpc) is 3.41. The zero-order valence-corrected chi connectivity index (χ0v) is 17.0. The highest BCUT2D eigenvalue weighted by Crippen LogP contribution is 2.36. The van der Waals surface area contributed by atoms with Crippen LogP contribution in [0.2, 0.25) is 0 Å². The third-order valence-electron chi connectivity index (χ3n) is 6.06. The van der Waals surface area contributed by atoms with Crippen LogP contribution in [0, 0.1) is 16.7 Å². The molecule has 4 heterocycles. The molecule has 4 aromatic rings. The Morgan fingerprint density at radius 3 is 2.83 bits per heavy atom. The van der Waals surface area contributed by atoms with Crippen molar-refractivity contribution in [2.75, 3.05) is 12.4 Å². The summed E-state index contributed by atoms with van der Waals surface area (Å²) < 4.78 is 9.42. The van der Waals surface area contributed by atoms with E-state index in [0.717, 1.165) is 48.0 Å². The number of fused-ring (bicyclic) bond motifs is 2. The number of ether oxygens (including phenoxy) is 1. The molecular formula is C22H23N7O. The van der Waals surface area contributed by atoms with E-state index in [1.807, 2.05) is 52.6 Å². The third kappa shape index (κ3) is 3.12. The van der Waals surface area contributed by atoms with Crippen LogP contribution >= 0.6 is 0 Å². The number of hydrogen-bond donors (Lipinski definition) is 1. The minimum Gasteiger partial charge on any atom is -0.479 e. The quantitative estimate of drug-likeness (QED) is 0.557. The van der Waals surface area contributed by atoms with E-state index in [-0.39, 0.29) is 11.5 Å². The number of hydrogen-bond acceptors (Lipinski definition) is 6. The summed E-state index contributed by atoms with van der Waals surface area (Å²) in [6, 6.07) is 8.75. The monoisotopic (exact) mass is 401 g/mol. The predicted molar refractivity (Wildman–Crippen MR) is 113 cm³/mol. The highest BCUT2D eigenvalue weighted by atomic mass is 16.5. The number of pyridine rings is 1. The predicted octanol–water partition coefficient (Wildman–Crippen LogP) is 3.94. The van der Waals surface area contributed by atoms with Crippen molar-refractivity contribution in [1.82, 2.24) is 24.0 Å². The lowest BCUT2D eigenvalue weighted by Crippen LogP contribution is -2.31. The van der Waals surface area contributed by atoms with E-state index in [0.29, 0.717) is 11.8 Å². The molecule has 0 bridgehead atoms. The second-order valence-electron chi connectivity index (χ2n) is 8.17. The molecule has 0 aromatic carbocycles. The number of imidazole rings is 1. The summed E-state index contributed by atoms with van der Waals surface area (Å²) in [4.78, 5) is 8.93. The van der Waals surface area contributed by atoms with Gasteiger partial charge in [-0.05, 0) is 50.8 Å². The van der Waals surface area contributed by atoms with Gasteiger partial charge < -0.3 is 14.5 Å². The first kappa shape index (κ1) is 18.4. The van der Waals surface area contributed by atoms with Gasteiger partial charge in [0.25, 0.3) is 0 Å². The standard InChI is InChI=1S/C22H23N7O/c1-22(14-23)8-5-16(6-9-22)25-21-26-20(30-2)19-17(7-11-29(19)27-21)15-3-4-18-24-10-12-28(18)13-15/h3-4,7,10-13,16H,5-6,8-9H2,1-2H3,(H,25,27). The Morgan fingerprint density at radius 1 is 1.23 bits per heavy atom. The van der Waals surface area contributed by atoms with E-state index in [1.54, 1.807) is 13.3 Å². The van der Waals surface area contributed by atoms with Crippen LogP contribution < -0.4 is 10.1 Å². The van der Waals surface area contributed by atoms with Gasteiger partial charge in [-0.1, -0.05) is 0 Å². The van der Waals surface area contributed by atoms with Crippen molar-refractivity contribution >= 4 is 17.1 Å². The number of rotatable bonds is 4. The topological polar surface area (TPSA) is 92.5 Å². The Balaban J connectivity index is 1.46. The van der Waals surface area contributed by atoms with E-state index in [9.17, 15) is 5.26 Å². The summed E-state index contributed by atoms with van der Waals surface area (Å²) in [6.07, 6.45) is 11.3. The molecule has 4 aromatic heterocycles. The molecule has 1 aliphatic carbocycles. The first-order valence-corrected chi connectivity index (χ1v) is 10.1. The molecule has 1 N–H and O–H groups in total. The van der Waals surface area contributed by atoms with Gasteiger partial charge in [-0.3, -0.25) is 0 Å². The summed E-state index contributed by atoms with van der Waals surface area (Å²) in [5.41, 5.74) is 3.54. The van der Waals surface area contributed by atoms with Gasteiger partial charge in [0.15, 0.2) is 0 Å². The molecular weight excluding hydrogens is 378 g/mol. The zero-order chi connectivity index (χ0) is 20.7. The number of nitriles is 1. The first-order chi connectivity index (χ1) is 14.6. The molecule has 0 atom stereocenters.